The maximum atomic E-state index is 6.17. The lowest BCUT2D eigenvalue weighted by Crippen LogP contribution is -2.31. The largest absolute Gasteiger partial charge is 0.313 e. The zero-order chi connectivity index (χ0) is 14.0. The fraction of sp³-hybridized carbons (Fsp3) is 0.625. The Morgan fingerprint density at radius 3 is 2.42 bits per heavy atom. The van der Waals surface area contributed by atoms with Crippen LogP contribution in [-0.4, -0.2) is 7.05 Å². The summed E-state index contributed by atoms with van der Waals surface area (Å²) in [5.74, 6) is 2.34. The minimum Gasteiger partial charge on any atom is -0.313 e. The minimum absolute atomic E-state index is 0.387. The fourth-order valence-electron chi connectivity index (χ4n) is 3.68. The molecule has 0 spiro atoms. The summed E-state index contributed by atoms with van der Waals surface area (Å²) in [5, 5.41) is 4.32. The maximum absolute atomic E-state index is 6.17. The SMILES string of the molecule is CNC(c1cc(Cl)ccc1Br)C1CC(C)CC(C)C1. The summed E-state index contributed by atoms with van der Waals surface area (Å²) in [7, 11) is 2.06. The monoisotopic (exact) mass is 343 g/mol. The van der Waals surface area contributed by atoms with Gasteiger partial charge in [-0.2, -0.15) is 0 Å². The number of hydrogen-bond donors (Lipinski definition) is 1. The highest BCUT2D eigenvalue weighted by Gasteiger charge is 2.31. The van der Waals surface area contributed by atoms with Crippen LogP contribution >= 0.6 is 27.5 Å². The molecule has 3 unspecified atom stereocenters. The topological polar surface area (TPSA) is 12.0 Å². The molecular weight excluding hydrogens is 322 g/mol. The quantitative estimate of drug-likeness (QED) is 0.770. The lowest BCUT2D eigenvalue weighted by atomic mass is 9.72. The van der Waals surface area contributed by atoms with E-state index in [1.807, 2.05) is 6.07 Å². The third-order valence-corrected chi connectivity index (χ3v) is 5.25. The Bertz CT molecular complexity index is 425. The van der Waals surface area contributed by atoms with Crippen LogP contribution in [0.25, 0.3) is 0 Å². The number of hydrogen-bond acceptors (Lipinski definition) is 1. The van der Waals surface area contributed by atoms with E-state index in [-0.39, 0.29) is 0 Å². The zero-order valence-electron chi connectivity index (χ0n) is 11.9. The normalized spacial score (nSPS) is 29.2. The molecule has 1 aromatic carbocycles. The zero-order valence-corrected chi connectivity index (χ0v) is 14.3. The third kappa shape index (κ3) is 3.74. The first kappa shape index (κ1) is 15.3. The molecule has 1 N–H and O–H groups in total. The molecule has 0 amide bonds. The van der Waals surface area contributed by atoms with E-state index in [9.17, 15) is 0 Å². The standard InChI is InChI=1S/C16H23BrClN/c1-10-6-11(2)8-12(7-10)16(19-3)14-9-13(18)4-5-15(14)17/h4-5,9-12,16,19H,6-8H2,1-3H3. The van der Waals surface area contributed by atoms with Crippen LogP contribution in [0.1, 0.15) is 44.7 Å². The lowest BCUT2D eigenvalue weighted by Gasteiger charge is -2.37. The Labute approximate surface area is 130 Å². The summed E-state index contributed by atoms with van der Waals surface area (Å²) in [5.41, 5.74) is 1.29. The first-order chi connectivity index (χ1) is 9.01. The molecule has 0 aliphatic heterocycles. The molecule has 0 saturated heterocycles. The highest BCUT2D eigenvalue weighted by molar-refractivity contribution is 9.10. The maximum Gasteiger partial charge on any atom is 0.0410 e. The van der Waals surface area contributed by atoms with Crippen molar-refractivity contribution >= 4 is 27.5 Å². The number of rotatable bonds is 3. The summed E-state index contributed by atoms with van der Waals surface area (Å²) in [6.07, 6.45) is 3.97. The number of halogens is 2. The van der Waals surface area contributed by atoms with Crippen LogP contribution in [0.5, 0.6) is 0 Å². The Balaban J connectivity index is 2.26. The van der Waals surface area contributed by atoms with Crippen molar-refractivity contribution in [2.45, 2.75) is 39.2 Å². The molecule has 1 aliphatic carbocycles. The Morgan fingerprint density at radius 1 is 1.21 bits per heavy atom. The van der Waals surface area contributed by atoms with E-state index in [1.165, 1.54) is 24.8 Å². The van der Waals surface area contributed by atoms with Gasteiger partial charge in [0.2, 0.25) is 0 Å². The van der Waals surface area contributed by atoms with Crippen LogP contribution in [0, 0.1) is 17.8 Å². The van der Waals surface area contributed by atoms with Gasteiger partial charge in [0.1, 0.15) is 0 Å². The smallest absolute Gasteiger partial charge is 0.0410 e. The molecule has 0 heterocycles. The van der Waals surface area contributed by atoms with Crippen LogP contribution < -0.4 is 5.32 Å². The second-order valence-electron chi connectivity index (χ2n) is 6.11. The molecule has 1 aliphatic rings. The van der Waals surface area contributed by atoms with Crippen LogP contribution in [0.15, 0.2) is 22.7 Å². The fourth-order valence-corrected chi connectivity index (χ4v) is 4.35. The molecule has 1 saturated carbocycles. The molecule has 0 aromatic heterocycles. The van der Waals surface area contributed by atoms with Crippen molar-refractivity contribution in [3.05, 3.63) is 33.3 Å². The van der Waals surface area contributed by atoms with Crippen molar-refractivity contribution in [3.8, 4) is 0 Å². The van der Waals surface area contributed by atoms with Crippen LogP contribution in [0.3, 0.4) is 0 Å². The average molecular weight is 345 g/mol. The lowest BCUT2D eigenvalue weighted by molar-refractivity contribution is 0.180. The van der Waals surface area contributed by atoms with Crippen LogP contribution in [0.4, 0.5) is 0 Å². The third-order valence-electron chi connectivity index (χ3n) is 4.29. The highest BCUT2D eigenvalue weighted by Crippen LogP contribution is 2.41. The van der Waals surface area contributed by atoms with E-state index in [4.69, 9.17) is 11.6 Å². The van der Waals surface area contributed by atoms with Crippen LogP contribution in [-0.2, 0) is 0 Å². The van der Waals surface area contributed by atoms with E-state index in [1.54, 1.807) is 0 Å². The van der Waals surface area contributed by atoms with E-state index in [2.05, 4.69) is 54.3 Å². The van der Waals surface area contributed by atoms with Crippen molar-refractivity contribution in [3.63, 3.8) is 0 Å². The van der Waals surface area contributed by atoms with E-state index in [0.717, 1.165) is 21.3 Å². The van der Waals surface area contributed by atoms with Crippen molar-refractivity contribution in [1.29, 1.82) is 0 Å². The summed E-state index contributed by atoms with van der Waals surface area (Å²) < 4.78 is 1.15. The molecular formula is C16H23BrClN. The summed E-state index contributed by atoms with van der Waals surface area (Å²) in [6, 6.07) is 6.47. The number of nitrogens with one attached hydrogen (secondary N) is 1. The van der Waals surface area contributed by atoms with Gasteiger partial charge in [0.25, 0.3) is 0 Å². The summed E-state index contributed by atoms with van der Waals surface area (Å²) >= 11 is 9.84. The van der Waals surface area contributed by atoms with Gasteiger partial charge in [-0.15, -0.1) is 0 Å². The molecule has 19 heavy (non-hydrogen) atoms. The second kappa shape index (κ2) is 6.60. The minimum atomic E-state index is 0.387. The van der Waals surface area contributed by atoms with E-state index in [0.29, 0.717) is 12.0 Å². The molecule has 2 rings (SSSR count). The van der Waals surface area contributed by atoms with Gasteiger partial charge in [-0.05, 0) is 67.8 Å². The van der Waals surface area contributed by atoms with Gasteiger partial charge in [-0.25, -0.2) is 0 Å². The van der Waals surface area contributed by atoms with Gasteiger partial charge in [-0.1, -0.05) is 41.4 Å². The highest BCUT2D eigenvalue weighted by atomic mass is 79.9. The van der Waals surface area contributed by atoms with Gasteiger partial charge >= 0.3 is 0 Å². The van der Waals surface area contributed by atoms with Gasteiger partial charge in [0.05, 0.1) is 0 Å². The molecule has 106 valence electrons. The Kier molecular flexibility index (Phi) is 5.33. The van der Waals surface area contributed by atoms with Gasteiger partial charge in [0, 0.05) is 15.5 Å². The van der Waals surface area contributed by atoms with E-state index < -0.39 is 0 Å². The predicted octanol–water partition coefficient (Wildman–Crippen LogP) is 5.44. The second-order valence-corrected chi connectivity index (χ2v) is 7.40. The van der Waals surface area contributed by atoms with Gasteiger partial charge < -0.3 is 5.32 Å². The summed E-state index contributed by atoms with van der Waals surface area (Å²) in [4.78, 5) is 0. The molecule has 3 heteroatoms. The molecule has 1 nitrogen and oxygen atoms in total. The van der Waals surface area contributed by atoms with Crippen molar-refractivity contribution < 1.29 is 0 Å². The molecule has 1 fully saturated rings. The predicted molar refractivity (Wildman–Crippen MR) is 86.6 cm³/mol. The van der Waals surface area contributed by atoms with Crippen molar-refractivity contribution in [1.82, 2.24) is 5.32 Å². The van der Waals surface area contributed by atoms with Gasteiger partial charge in [-0.3, -0.25) is 0 Å². The van der Waals surface area contributed by atoms with E-state index >= 15 is 0 Å². The average Bonchev–Trinajstić information content (AvgIpc) is 2.33. The summed E-state index contributed by atoms with van der Waals surface area (Å²) in [6.45, 7) is 4.75. The molecule has 3 atom stereocenters. The molecule has 0 bridgehead atoms. The van der Waals surface area contributed by atoms with Crippen molar-refractivity contribution in [2.75, 3.05) is 7.05 Å². The Morgan fingerprint density at radius 2 is 1.84 bits per heavy atom. The van der Waals surface area contributed by atoms with Crippen LogP contribution in [0.2, 0.25) is 5.02 Å². The first-order valence-electron chi connectivity index (χ1n) is 7.13. The number of benzene rings is 1. The first-order valence-corrected chi connectivity index (χ1v) is 8.30. The van der Waals surface area contributed by atoms with Crippen molar-refractivity contribution in [2.24, 2.45) is 17.8 Å². The Hall–Kier alpha value is -0.0500. The van der Waals surface area contributed by atoms with Gasteiger partial charge in [0.15, 0.2) is 0 Å². The molecule has 1 aromatic rings. The molecule has 0 radical (unpaired) electrons.